The molecule has 5 aromatic rings. The number of methoxy groups -OCH3 is 2. The number of anilines is 3. The molecule has 5 aliphatic rings. The number of amides is 4. The second-order valence-electron chi connectivity index (χ2n) is 23.5. The molecule has 0 bridgehead atoms. The van der Waals surface area contributed by atoms with Crippen LogP contribution >= 0.6 is 33.3 Å². The number of benzene rings is 5. The Morgan fingerprint density at radius 2 is 1.48 bits per heavy atom. The van der Waals surface area contributed by atoms with Gasteiger partial charge in [0.1, 0.15) is 25.2 Å². The SMILES string of the molecule is COCCOCCOCCN(CC(C)(C)SSCCCC(=O)CCCN1C(=O)CC(SC)C1=O)c1cc(CCc2cc3c(cc2C)C(=O)N2c4ccccc4C[C@H]2CC3)cc(COc2cc3c(cc2OC)C(=O)N2c4ccccc4C[C@H]2[C-]=[N+]3C)c1. The van der Waals surface area contributed by atoms with E-state index in [0.717, 1.165) is 94.7 Å². The first-order valence-corrected chi connectivity index (χ1v) is 33.8. The zero-order valence-corrected chi connectivity index (χ0v) is 53.2. The first-order valence-electron chi connectivity index (χ1n) is 30.1. The molecule has 4 amide bonds. The predicted molar refractivity (Wildman–Crippen MR) is 345 cm³/mol. The maximum atomic E-state index is 14.5. The molecule has 86 heavy (non-hydrogen) atoms. The smallest absolute Gasteiger partial charge is 0.258 e. The minimum Gasteiger partial charge on any atom is -0.493 e. The second-order valence-corrected chi connectivity index (χ2v) is 27.7. The van der Waals surface area contributed by atoms with E-state index in [4.69, 9.17) is 23.7 Å². The molecule has 0 aliphatic carbocycles. The quantitative estimate of drug-likeness (QED) is 0.0141. The van der Waals surface area contributed by atoms with Gasteiger partial charge in [-0.15, -0.1) is 0 Å². The van der Waals surface area contributed by atoms with Crippen LogP contribution in [-0.4, -0.2) is 153 Å². The largest absolute Gasteiger partial charge is 0.493 e. The van der Waals surface area contributed by atoms with Crippen LogP contribution in [0.15, 0.2) is 91.0 Å². The lowest BCUT2D eigenvalue weighted by atomic mass is 9.92. The molecule has 5 aliphatic heterocycles. The highest BCUT2D eigenvalue weighted by molar-refractivity contribution is 8.77. The zero-order chi connectivity index (χ0) is 60.5. The van der Waals surface area contributed by atoms with Crippen molar-refractivity contribution < 1.29 is 52.2 Å². The van der Waals surface area contributed by atoms with Gasteiger partial charge in [0.25, 0.3) is 5.91 Å². The number of ketones is 1. The topological polar surface area (TPSA) is 147 Å². The number of likely N-dealkylation sites (tertiary alicyclic amines) is 1. The maximum Gasteiger partial charge on any atom is 0.258 e. The van der Waals surface area contributed by atoms with E-state index in [0.29, 0.717) is 101 Å². The van der Waals surface area contributed by atoms with Gasteiger partial charge in [-0.2, -0.15) is 11.8 Å². The Balaban J connectivity index is 0.880. The predicted octanol–water partition coefficient (Wildman–Crippen LogP) is 11.0. The van der Waals surface area contributed by atoms with E-state index in [1.165, 1.54) is 27.8 Å². The van der Waals surface area contributed by atoms with Crippen LogP contribution in [0.2, 0.25) is 0 Å². The first kappa shape index (κ1) is 62.9. The molecule has 1 fully saturated rings. The molecule has 15 nitrogen and oxygen atoms in total. The van der Waals surface area contributed by atoms with Crippen molar-refractivity contribution in [2.45, 2.75) is 120 Å². The van der Waals surface area contributed by atoms with Crippen LogP contribution in [0.3, 0.4) is 0 Å². The molecule has 18 heteroatoms. The molecule has 10 rings (SSSR count). The van der Waals surface area contributed by atoms with Gasteiger partial charge in [0.2, 0.25) is 17.7 Å². The fourth-order valence-corrected chi connectivity index (χ4v) is 15.7. The third kappa shape index (κ3) is 14.7. The Hall–Kier alpha value is -6.15. The van der Waals surface area contributed by atoms with Gasteiger partial charge in [0.05, 0.1) is 51.1 Å². The van der Waals surface area contributed by atoms with Crippen molar-refractivity contribution in [2.24, 2.45) is 0 Å². The second kappa shape index (κ2) is 28.8. The lowest BCUT2D eigenvalue weighted by molar-refractivity contribution is -0.401. The number of imide groups is 1. The molecule has 0 aromatic heterocycles. The summed E-state index contributed by atoms with van der Waals surface area (Å²) < 4.78 is 31.6. The normalized spacial score (nSPS) is 17.8. The van der Waals surface area contributed by atoms with Gasteiger partial charge in [-0.3, -0.25) is 28.9 Å². The van der Waals surface area contributed by atoms with E-state index in [1.807, 2.05) is 68.8 Å². The van der Waals surface area contributed by atoms with Crippen LogP contribution in [0.5, 0.6) is 11.5 Å². The lowest BCUT2D eigenvalue weighted by Crippen LogP contribution is -2.38. The third-order valence-electron chi connectivity index (χ3n) is 16.9. The number of ether oxygens (including phenoxy) is 5. The number of hydrogen-bond acceptors (Lipinski definition) is 14. The van der Waals surface area contributed by atoms with Crippen molar-refractivity contribution in [3.63, 3.8) is 0 Å². The highest BCUT2D eigenvalue weighted by atomic mass is 33.1. The van der Waals surface area contributed by atoms with Crippen molar-refractivity contribution in [3.05, 3.63) is 141 Å². The molecular weight excluding hydrogens is 1140 g/mol. The average Bonchev–Trinajstić information content (AvgIpc) is 1.74. The number of hydrogen-bond donors (Lipinski definition) is 0. The highest BCUT2D eigenvalue weighted by Crippen LogP contribution is 2.43. The van der Waals surface area contributed by atoms with Crippen molar-refractivity contribution in [2.75, 3.05) is 101 Å². The number of carbonyl (C=O) groups excluding carboxylic acids is 5. The Kier molecular flexibility index (Phi) is 21.0. The van der Waals surface area contributed by atoms with E-state index in [2.05, 4.69) is 86.5 Å². The Morgan fingerprint density at radius 3 is 2.23 bits per heavy atom. The van der Waals surface area contributed by atoms with Gasteiger partial charge in [-0.25, -0.2) is 0 Å². The molecule has 456 valence electrons. The van der Waals surface area contributed by atoms with Gasteiger partial charge in [0, 0.05) is 103 Å². The number of nitrogens with zero attached hydrogens (tertiary/aromatic N) is 5. The van der Waals surface area contributed by atoms with E-state index in [9.17, 15) is 24.0 Å². The minimum absolute atomic E-state index is 0.0903. The molecule has 0 N–H and O–H groups in total. The first-order chi connectivity index (χ1) is 41.6. The van der Waals surface area contributed by atoms with Crippen LogP contribution in [0, 0.1) is 6.92 Å². The van der Waals surface area contributed by atoms with Gasteiger partial charge >= 0.3 is 0 Å². The molecular formula is C68H81N5O10S3. The molecule has 3 atom stereocenters. The molecule has 1 unspecified atom stereocenters. The van der Waals surface area contributed by atoms with Crippen molar-refractivity contribution >= 4 is 91.7 Å². The summed E-state index contributed by atoms with van der Waals surface area (Å²) >= 11 is 1.40. The number of carbonyl (C=O) groups is 5. The third-order valence-corrected chi connectivity index (χ3v) is 21.2. The van der Waals surface area contributed by atoms with Crippen LogP contribution in [0.4, 0.5) is 22.7 Å². The highest BCUT2D eigenvalue weighted by Gasteiger charge is 2.40. The summed E-state index contributed by atoms with van der Waals surface area (Å²) in [5.41, 5.74) is 12.8. The van der Waals surface area contributed by atoms with E-state index >= 15 is 0 Å². The Labute approximate surface area is 519 Å². The van der Waals surface area contributed by atoms with Crippen molar-refractivity contribution in [1.82, 2.24) is 4.90 Å². The van der Waals surface area contributed by atoms with Crippen LogP contribution in [-0.2, 0) is 67.3 Å². The number of fused-ring (bicyclic) bond motifs is 8. The summed E-state index contributed by atoms with van der Waals surface area (Å²) in [7, 11) is 8.77. The summed E-state index contributed by atoms with van der Waals surface area (Å²) in [4.78, 5) is 74.3. The maximum absolute atomic E-state index is 14.5. The monoisotopic (exact) mass is 1220 g/mol. The standard InChI is InChI=1S/C68H81N5O10S3/c1-45-32-56-49(22-23-52-37-50-14-8-10-18-58(50)72(52)65(56)76)36-48(45)21-20-46-33-47(43-83-62-40-60-57(39-61(62)80-6)66(77)73-54(42-69(60)4)38-51-15-9-11-19-59(51)73)35-53(34-46)70(25-26-81-29-30-82-28-27-79-5)44-68(2,3)86-85-31-13-17-55(74)16-12-24-71-64(75)41-63(84-7)67(71)78/h8-11,14-15,18-19,32-36,39-40,52,54,63H,12-13,16-17,20-31,37-38,41,43-44H2,1-7H3/t52-,54+,63?/m1/s1. The number of Topliss-reactive ketones (excluding diaryl/α,β-unsaturated/α-hetero) is 1. The molecule has 0 radical (unpaired) electrons. The van der Waals surface area contributed by atoms with E-state index in [-0.39, 0.29) is 64.5 Å². The summed E-state index contributed by atoms with van der Waals surface area (Å²) in [5, 5.41) is -0.313. The number of thioether (sulfide) groups is 1. The number of rotatable bonds is 30. The summed E-state index contributed by atoms with van der Waals surface area (Å²) in [6.07, 6.45) is 12.5. The van der Waals surface area contributed by atoms with Gasteiger partial charge < -0.3 is 43.0 Å². The van der Waals surface area contributed by atoms with Crippen molar-refractivity contribution in [1.29, 1.82) is 0 Å². The molecule has 0 saturated carbocycles. The number of para-hydroxylation sites is 2. The molecule has 1 saturated heterocycles. The number of aryl methyl sites for hydroxylation is 4. The van der Waals surface area contributed by atoms with Gasteiger partial charge in [0.15, 0.2) is 5.75 Å². The summed E-state index contributed by atoms with van der Waals surface area (Å²) in [6.45, 7) is 10.8. The van der Waals surface area contributed by atoms with Crippen molar-refractivity contribution in [3.8, 4) is 11.5 Å². The lowest BCUT2D eigenvalue weighted by Gasteiger charge is -2.34. The minimum atomic E-state index is -0.313. The summed E-state index contributed by atoms with van der Waals surface area (Å²) in [5.74, 6) is 1.60. The van der Waals surface area contributed by atoms with Gasteiger partial charge in [-0.1, -0.05) is 70.1 Å². The summed E-state index contributed by atoms with van der Waals surface area (Å²) in [6, 6.07) is 31.1. The Morgan fingerprint density at radius 1 is 0.767 bits per heavy atom. The fraction of sp³-hybridized carbons (Fsp3) is 0.471. The molecule has 5 aromatic carbocycles. The van der Waals surface area contributed by atoms with E-state index < -0.39 is 0 Å². The fourth-order valence-electron chi connectivity index (χ4n) is 12.5. The molecule has 0 spiro atoms. The van der Waals surface area contributed by atoms with E-state index in [1.54, 1.807) is 31.1 Å². The average molecular weight is 1220 g/mol. The van der Waals surface area contributed by atoms with Gasteiger partial charge in [-0.05, 0) is 160 Å². The Bertz CT molecular complexity index is 3350. The van der Waals surface area contributed by atoms with Crippen LogP contribution < -0.4 is 24.2 Å². The van der Waals surface area contributed by atoms with Crippen LogP contribution in [0.25, 0.3) is 0 Å². The van der Waals surface area contributed by atoms with Crippen LogP contribution in [0.1, 0.15) is 112 Å². The zero-order valence-electron chi connectivity index (χ0n) is 50.8. The molecule has 5 heterocycles.